The van der Waals surface area contributed by atoms with Crippen LogP contribution in [0.15, 0.2) is 48.5 Å². The molecule has 0 aliphatic carbocycles. The van der Waals surface area contributed by atoms with Gasteiger partial charge in [0, 0.05) is 20.2 Å². The largest absolute Gasteiger partial charge is 0.491 e. The van der Waals surface area contributed by atoms with Gasteiger partial charge in [0.1, 0.15) is 12.4 Å². The second-order valence-corrected chi connectivity index (χ2v) is 7.28. The van der Waals surface area contributed by atoms with E-state index in [1.807, 2.05) is 31.2 Å². The molecule has 3 rings (SSSR count). The number of hydrogen-bond donors (Lipinski definition) is 0. The summed E-state index contributed by atoms with van der Waals surface area (Å²) in [5.41, 5.74) is 2.57. The third-order valence-corrected chi connectivity index (χ3v) is 4.84. The lowest BCUT2D eigenvalue weighted by atomic mass is 10.1. The Morgan fingerprint density at radius 3 is 2.48 bits per heavy atom. The number of esters is 1. The number of nitrogens with zero attached hydrogens (tertiary/aromatic N) is 1. The second kappa shape index (κ2) is 10.1. The first-order valence-corrected chi connectivity index (χ1v) is 9.82. The summed E-state index contributed by atoms with van der Waals surface area (Å²) in [5, 5.41) is 0. The molecule has 1 aliphatic rings. The molecule has 0 radical (unpaired) electrons. The number of likely N-dealkylation sites (N-methyl/N-ethyl adjacent to an activating group) is 1. The van der Waals surface area contributed by atoms with Gasteiger partial charge >= 0.3 is 5.97 Å². The molecule has 1 fully saturated rings. The smallest absolute Gasteiger partial charge is 0.338 e. The molecule has 154 valence electrons. The van der Waals surface area contributed by atoms with Crippen molar-refractivity contribution in [2.24, 2.45) is 0 Å². The predicted molar refractivity (Wildman–Crippen MR) is 109 cm³/mol. The van der Waals surface area contributed by atoms with E-state index in [4.69, 9.17) is 14.2 Å². The Labute approximate surface area is 171 Å². The molecule has 2 aromatic rings. The van der Waals surface area contributed by atoms with Gasteiger partial charge in [0.2, 0.25) is 0 Å². The third kappa shape index (κ3) is 6.32. The van der Waals surface area contributed by atoms with Crippen molar-refractivity contribution in [2.75, 3.05) is 26.9 Å². The average Bonchev–Trinajstić information content (AvgIpc) is 3.26. The monoisotopic (exact) mass is 397 g/mol. The van der Waals surface area contributed by atoms with Crippen LogP contribution < -0.4 is 4.74 Å². The van der Waals surface area contributed by atoms with Crippen LogP contribution in [-0.4, -0.2) is 49.7 Å². The summed E-state index contributed by atoms with van der Waals surface area (Å²) in [6.45, 7) is 3.48. The highest BCUT2D eigenvalue weighted by molar-refractivity contribution is 5.91. The number of hydrogen-bond acceptors (Lipinski definition) is 5. The normalized spacial score (nSPS) is 15.7. The van der Waals surface area contributed by atoms with Crippen LogP contribution in [0.25, 0.3) is 0 Å². The van der Waals surface area contributed by atoms with Crippen molar-refractivity contribution in [1.82, 2.24) is 4.90 Å². The van der Waals surface area contributed by atoms with Crippen molar-refractivity contribution in [3.05, 3.63) is 65.2 Å². The Balaban J connectivity index is 1.43. The van der Waals surface area contributed by atoms with Crippen molar-refractivity contribution in [3.63, 3.8) is 0 Å². The number of carbonyl (C=O) groups is 2. The summed E-state index contributed by atoms with van der Waals surface area (Å²) in [5.74, 6) is -0.117. The van der Waals surface area contributed by atoms with Crippen molar-refractivity contribution in [2.45, 2.75) is 32.4 Å². The number of rotatable bonds is 8. The van der Waals surface area contributed by atoms with E-state index in [1.54, 1.807) is 36.2 Å². The van der Waals surface area contributed by atoms with E-state index in [0.29, 0.717) is 24.5 Å². The van der Waals surface area contributed by atoms with Crippen LogP contribution in [0, 0.1) is 6.92 Å². The van der Waals surface area contributed by atoms with E-state index >= 15 is 0 Å². The molecule has 0 N–H and O–H groups in total. The first-order chi connectivity index (χ1) is 14.0. The van der Waals surface area contributed by atoms with E-state index in [-0.39, 0.29) is 18.6 Å². The van der Waals surface area contributed by atoms with Crippen molar-refractivity contribution in [3.8, 4) is 5.75 Å². The molecule has 0 saturated carbocycles. The van der Waals surface area contributed by atoms with Crippen LogP contribution in [0.3, 0.4) is 0 Å². The molecule has 29 heavy (non-hydrogen) atoms. The van der Waals surface area contributed by atoms with Crippen LogP contribution in [-0.2, 0) is 20.8 Å². The fourth-order valence-electron chi connectivity index (χ4n) is 3.03. The molecule has 1 amide bonds. The molecule has 6 heteroatoms. The first-order valence-electron chi connectivity index (χ1n) is 9.82. The Morgan fingerprint density at radius 1 is 1.10 bits per heavy atom. The summed E-state index contributed by atoms with van der Waals surface area (Å²) in [7, 11) is 1.69. The van der Waals surface area contributed by atoms with Crippen LogP contribution in [0.2, 0.25) is 0 Å². The van der Waals surface area contributed by atoms with E-state index in [9.17, 15) is 9.59 Å². The summed E-state index contributed by atoms with van der Waals surface area (Å²) in [4.78, 5) is 26.0. The number of aryl methyl sites for hydroxylation is 1. The van der Waals surface area contributed by atoms with Gasteiger partial charge in [0.15, 0.2) is 6.61 Å². The van der Waals surface area contributed by atoms with Crippen LogP contribution in [0.5, 0.6) is 5.75 Å². The minimum absolute atomic E-state index is 0.141. The molecule has 1 atom stereocenters. The van der Waals surface area contributed by atoms with Gasteiger partial charge in [0.25, 0.3) is 5.91 Å². The van der Waals surface area contributed by atoms with Gasteiger partial charge in [-0.15, -0.1) is 0 Å². The Bertz CT molecular complexity index is 810. The number of amides is 1. The van der Waals surface area contributed by atoms with Gasteiger partial charge in [-0.3, -0.25) is 4.79 Å². The SMILES string of the molecule is Cc1ccc(CN(C)C(=O)COC(=O)c2ccc(OC[C@H]3CCCO3)cc2)cc1. The summed E-state index contributed by atoms with van der Waals surface area (Å²) < 4.78 is 16.4. The highest BCUT2D eigenvalue weighted by Crippen LogP contribution is 2.17. The topological polar surface area (TPSA) is 65.1 Å². The van der Waals surface area contributed by atoms with Crippen molar-refractivity contribution >= 4 is 11.9 Å². The van der Waals surface area contributed by atoms with Crippen molar-refractivity contribution < 1.29 is 23.8 Å². The van der Waals surface area contributed by atoms with E-state index in [0.717, 1.165) is 25.0 Å². The van der Waals surface area contributed by atoms with E-state index < -0.39 is 5.97 Å². The van der Waals surface area contributed by atoms with Gasteiger partial charge in [-0.1, -0.05) is 29.8 Å². The number of carbonyl (C=O) groups excluding carboxylic acids is 2. The van der Waals surface area contributed by atoms with Gasteiger partial charge in [0.05, 0.1) is 11.7 Å². The molecule has 1 heterocycles. The maximum Gasteiger partial charge on any atom is 0.338 e. The lowest BCUT2D eigenvalue weighted by molar-refractivity contribution is -0.133. The summed E-state index contributed by atoms with van der Waals surface area (Å²) in [6.07, 6.45) is 2.22. The van der Waals surface area contributed by atoms with Crippen LogP contribution in [0.4, 0.5) is 0 Å². The molecule has 0 aromatic heterocycles. The minimum atomic E-state index is -0.534. The molecule has 1 aliphatic heterocycles. The summed E-state index contributed by atoms with van der Waals surface area (Å²) in [6, 6.07) is 14.7. The fraction of sp³-hybridized carbons (Fsp3) is 0.391. The van der Waals surface area contributed by atoms with Gasteiger partial charge in [-0.2, -0.15) is 0 Å². The van der Waals surface area contributed by atoms with E-state index in [1.165, 1.54) is 5.56 Å². The van der Waals surface area contributed by atoms with E-state index in [2.05, 4.69) is 0 Å². The number of benzene rings is 2. The first kappa shape index (κ1) is 20.9. The second-order valence-electron chi connectivity index (χ2n) is 7.28. The zero-order valence-electron chi connectivity index (χ0n) is 16.9. The van der Waals surface area contributed by atoms with Gasteiger partial charge in [-0.05, 0) is 49.6 Å². The lowest BCUT2D eigenvalue weighted by Crippen LogP contribution is -2.30. The molecule has 0 spiro atoms. The van der Waals surface area contributed by atoms with Crippen LogP contribution in [0.1, 0.15) is 34.3 Å². The van der Waals surface area contributed by atoms with Gasteiger partial charge < -0.3 is 19.1 Å². The minimum Gasteiger partial charge on any atom is -0.491 e. The predicted octanol–water partition coefficient (Wildman–Crippen LogP) is 3.37. The average molecular weight is 397 g/mol. The number of ether oxygens (including phenoxy) is 3. The Hall–Kier alpha value is -2.86. The third-order valence-electron chi connectivity index (χ3n) is 4.84. The molecular formula is C23H27NO5. The molecule has 0 bridgehead atoms. The standard InChI is InChI=1S/C23H27NO5/c1-17-5-7-18(8-6-17)14-24(2)22(25)16-29-23(26)19-9-11-20(12-10-19)28-15-21-4-3-13-27-21/h5-12,21H,3-4,13-16H2,1-2H3/t21-/m1/s1. The quantitative estimate of drug-likeness (QED) is 0.639. The lowest BCUT2D eigenvalue weighted by Gasteiger charge is -2.17. The molecule has 2 aromatic carbocycles. The fourth-order valence-corrected chi connectivity index (χ4v) is 3.03. The molecule has 6 nitrogen and oxygen atoms in total. The van der Waals surface area contributed by atoms with Crippen molar-refractivity contribution in [1.29, 1.82) is 0 Å². The van der Waals surface area contributed by atoms with Gasteiger partial charge in [-0.25, -0.2) is 4.79 Å². The molecular weight excluding hydrogens is 370 g/mol. The molecule has 0 unspecified atom stereocenters. The highest BCUT2D eigenvalue weighted by atomic mass is 16.5. The Morgan fingerprint density at radius 2 is 1.83 bits per heavy atom. The zero-order chi connectivity index (χ0) is 20.6. The highest BCUT2D eigenvalue weighted by Gasteiger charge is 2.17. The zero-order valence-corrected chi connectivity index (χ0v) is 16.9. The maximum absolute atomic E-state index is 12.2. The summed E-state index contributed by atoms with van der Waals surface area (Å²) >= 11 is 0. The Kier molecular flexibility index (Phi) is 7.25. The maximum atomic E-state index is 12.2. The van der Waals surface area contributed by atoms with Crippen LogP contribution >= 0.6 is 0 Å². The molecule has 1 saturated heterocycles.